The molecular weight excluding hydrogens is 238 g/mol. The number of anilines is 1. The highest BCUT2D eigenvalue weighted by Crippen LogP contribution is 2.28. The average molecular weight is 249 g/mol. The standard InChI is InChI=1S/C11H11N3O4/c12-13-18-9(15)5-6-14-8-4-2-1-3-7(8)10(16)11(14)17/h1-4,13H,5-6,12H2. The van der Waals surface area contributed by atoms with Crippen LogP contribution in [0.3, 0.4) is 0 Å². The van der Waals surface area contributed by atoms with Crippen LogP contribution >= 0.6 is 0 Å². The van der Waals surface area contributed by atoms with E-state index in [2.05, 4.69) is 4.84 Å². The third-order valence-corrected chi connectivity index (χ3v) is 2.59. The maximum Gasteiger partial charge on any atom is 0.328 e. The lowest BCUT2D eigenvalue weighted by Gasteiger charge is -2.15. The molecule has 0 saturated carbocycles. The van der Waals surface area contributed by atoms with Crippen LogP contribution in [0.25, 0.3) is 0 Å². The molecule has 1 aliphatic rings. The molecular formula is C11H11N3O4. The normalized spacial score (nSPS) is 13.7. The number of hydrazine groups is 1. The third-order valence-electron chi connectivity index (χ3n) is 2.59. The topological polar surface area (TPSA) is 102 Å². The van der Waals surface area contributed by atoms with E-state index in [1.165, 1.54) is 4.90 Å². The molecule has 1 heterocycles. The Labute approximate surface area is 102 Å². The maximum absolute atomic E-state index is 11.7. The molecule has 0 unspecified atom stereocenters. The van der Waals surface area contributed by atoms with Gasteiger partial charge in [-0.1, -0.05) is 17.7 Å². The van der Waals surface area contributed by atoms with Gasteiger partial charge in [0.2, 0.25) is 0 Å². The molecule has 1 amide bonds. The number of ketones is 1. The van der Waals surface area contributed by atoms with Crippen LogP contribution in [0.15, 0.2) is 24.3 Å². The minimum absolute atomic E-state index is 0.0580. The smallest absolute Gasteiger partial charge is 0.328 e. The van der Waals surface area contributed by atoms with Gasteiger partial charge in [0.25, 0.3) is 11.7 Å². The predicted molar refractivity (Wildman–Crippen MR) is 61.2 cm³/mol. The summed E-state index contributed by atoms with van der Waals surface area (Å²) in [5.41, 5.74) is 2.63. The summed E-state index contributed by atoms with van der Waals surface area (Å²) < 4.78 is 0. The monoisotopic (exact) mass is 249 g/mol. The first kappa shape index (κ1) is 12.2. The fraction of sp³-hybridized carbons (Fsp3) is 0.182. The first-order chi connectivity index (χ1) is 8.65. The minimum Gasteiger partial charge on any atom is -0.356 e. The van der Waals surface area contributed by atoms with E-state index < -0.39 is 17.7 Å². The molecule has 0 spiro atoms. The Kier molecular flexibility index (Phi) is 3.35. The Morgan fingerprint density at radius 1 is 1.33 bits per heavy atom. The molecule has 18 heavy (non-hydrogen) atoms. The maximum atomic E-state index is 11.7. The molecule has 1 aromatic rings. The van der Waals surface area contributed by atoms with Gasteiger partial charge in [-0.25, -0.2) is 5.84 Å². The van der Waals surface area contributed by atoms with Gasteiger partial charge in [-0.3, -0.25) is 14.4 Å². The number of rotatable bonds is 4. The second-order valence-corrected chi connectivity index (χ2v) is 3.64. The van der Waals surface area contributed by atoms with Gasteiger partial charge < -0.3 is 9.74 Å². The van der Waals surface area contributed by atoms with Gasteiger partial charge in [-0.15, -0.1) is 0 Å². The molecule has 2 rings (SSSR count). The molecule has 0 fully saturated rings. The molecule has 0 saturated heterocycles. The Hall–Kier alpha value is -2.25. The number of hydrogen-bond acceptors (Lipinski definition) is 6. The number of amides is 1. The number of fused-ring (bicyclic) bond motifs is 1. The zero-order valence-corrected chi connectivity index (χ0v) is 9.38. The Bertz CT molecular complexity index is 515. The van der Waals surface area contributed by atoms with Crippen molar-refractivity contribution in [2.45, 2.75) is 6.42 Å². The van der Waals surface area contributed by atoms with Gasteiger partial charge in [-0.2, -0.15) is 0 Å². The fourth-order valence-electron chi connectivity index (χ4n) is 1.79. The van der Waals surface area contributed by atoms with E-state index >= 15 is 0 Å². The van der Waals surface area contributed by atoms with E-state index in [1.54, 1.807) is 29.9 Å². The van der Waals surface area contributed by atoms with Gasteiger partial charge in [-0.05, 0) is 12.1 Å². The summed E-state index contributed by atoms with van der Waals surface area (Å²) in [6, 6.07) is 6.64. The highest BCUT2D eigenvalue weighted by Gasteiger charge is 2.35. The van der Waals surface area contributed by atoms with Crippen molar-refractivity contribution < 1.29 is 19.2 Å². The minimum atomic E-state index is -0.635. The zero-order valence-electron chi connectivity index (χ0n) is 9.38. The van der Waals surface area contributed by atoms with Crippen LogP contribution in [0.1, 0.15) is 16.8 Å². The Morgan fingerprint density at radius 2 is 2.06 bits per heavy atom. The molecule has 0 bridgehead atoms. The number of nitrogens with zero attached hydrogens (tertiary/aromatic N) is 1. The number of nitrogens with two attached hydrogens (primary N) is 1. The summed E-state index contributed by atoms with van der Waals surface area (Å²) >= 11 is 0. The van der Waals surface area contributed by atoms with Gasteiger partial charge in [0.15, 0.2) is 0 Å². The molecule has 0 radical (unpaired) electrons. The number of nitrogens with one attached hydrogen (secondary N) is 1. The van der Waals surface area contributed by atoms with Crippen molar-refractivity contribution in [2.75, 3.05) is 11.4 Å². The van der Waals surface area contributed by atoms with Gasteiger partial charge in [0.1, 0.15) is 0 Å². The van der Waals surface area contributed by atoms with Gasteiger partial charge in [0.05, 0.1) is 17.7 Å². The van der Waals surface area contributed by atoms with Crippen LogP contribution in [0, 0.1) is 0 Å². The van der Waals surface area contributed by atoms with Crippen molar-refractivity contribution >= 4 is 23.3 Å². The molecule has 3 N–H and O–H groups in total. The quantitative estimate of drug-likeness (QED) is 0.425. The van der Waals surface area contributed by atoms with Gasteiger partial charge >= 0.3 is 5.97 Å². The van der Waals surface area contributed by atoms with Crippen molar-refractivity contribution in [1.82, 2.24) is 5.59 Å². The second kappa shape index (κ2) is 4.94. The van der Waals surface area contributed by atoms with Crippen molar-refractivity contribution in [3.05, 3.63) is 29.8 Å². The highest BCUT2D eigenvalue weighted by atomic mass is 16.7. The van der Waals surface area contributed by atoms with Crippen molar-refractivity contribution in [3.63, 3.8) is 0 Å². The molecule has 94 valence electrons. The number of benzene rings is 1. The summed E-state index contributed by atoms with van der Waals surface area (Å²) in [5.74, 6) is 3.01. The average Bonchev–Trinajstić information content (AvgIpc) is 2.61. The van der Waals surface area contributed by atoms with E-state index in [9.17, 15) is 14.4 Å². The van der Waals surface area contributed by atoms with E-state index in [-0.39, 0.29) is 13.0 Å². The van der Waals surface area contributed by atoms with Crippen LogP contribution < -0.4 is 16.3 Å². The van der Waals surface area contributed by atoms with Crippen molar-refractivity contribution in [2.24, 2.45) is 5.84 Å². The first-order valence-corrected chi connectivity index (χ1v) is 5.25. The first-order valence-electron chi connectivity index (χ1n) is 5.25. The third kappa shape index (κ3) is 2.08. The summed E-state index contributed by atoms with van der Waals surface area (Å²) in [5, 5.41) is 0. The SMILES string of the molecule is NNOC(=O)CCN1C(=O)C(=O)c2ccccc21. The Balaban J connectivity index is 2.12. The molecule has 0 aliphatic carbocycles. The van der Waals surface area contributed by atoms with E-state index in [4.69, 9.17) is 5.84 Å². The summed E-state index contributed by atoms with van der Waals surface area (Å²) in [4.78, 5) is 40.0. The zero-order chi connectivity index (χ0) is 13.1. The lowest BCUT2D eigenvalue weighted by atomic mass is 10.1. The predicted octanol–water partition coefficient (Wildman–Crippen LogP) is -0.473. The summed E-state index contributed by atoms with van der Waals surface area (Å²) in [6.45, 7) is 0.0715. The molecule has 1 aliphatic heterocycles. The number of carbonyl (C=O) groups is 3. The van der Waals surface area contributed by atoms with E-state index in [0.717, 1.165) is 0 Å². The van der Waals surface area contributed by atoms with Gasteiger partial charge in [0, 0.05) is 6.54 Å². The molecule has 0 atom stereocenters. The van der Waals surface area contributed by atoms with Crippen molar-refractivity contribution in [3.8, 4) is 0 Å². The molecule has 7 heteroatoms. The number of carbonyl (C=O) groups excluding carboxylic acids is 3. The largest absolute Gasteiger partial charge is 0.356 e. The lowest BCUT2D eigenvalue weighted by molar-refractivity contribution is -0.150. The summed E-state index contributed by atoms with van der Waals surface area (Å²) in [6.07, 6.45) is -0.0580. The van der Waals surface area contributed by atoms with Crippen LogP contribution in [-0.2, 0) is 14.4 Å². The lowest BCUT2D eigenvalue weighted by Crippen LogP contribution is -2.33. The van der Waals surface area contributed by atoms with E-state index in [0.29, 0.717) is 11.3 Å². The number of para-hydroxylation sites is 1. The van der Waals surface area contributed by atoms with Crippen LogP contribution in [0.5, 0.6) is 0 Å². The molecule has 7 nitrogen and oxygen atoms in total. The summed E-state index contributed by atoms with van der Waals surface area (Å²) in [7, 11) is 0. The van der Waals surface area contributed by atoms with E-state index in [1.807, 2.05) is 0 Å². The number of hydrogen-bond donors (Lipinski definition) is 2. The fourth-order valence-corrected chi connectivity index (χ4v) is 1.79. The number of Topliss-reactive ketones (excluding diaryl/α,β-unsaturated/α-hetero) is 1. The second-order valence-electron chi connectivity index (χ2n) is 3.64. The molecule has 0 aromatic heterocycles. The molecule has 1 aromatic carbocycles. The highest BCUT2D eigenvalue weighted by molar-refractivity contribution is 6.52. The van der Waals surface area contributed by atoms with Crippen LogP contribution in [-0.4, -0.2) is 24.2 Å². The van der Waals surface area contributed by atoms with Crippen LogP contribution in [0.2, 0.25) is 0 Å². The Morgan fingerprint density at radius 3 is 2.78 bits per heavy atom. The van der Waals surface area contributed by atoms with Crippen molar-refractivity contribution in [1.29, 1.82) is 0 Å². The van der Waals surface area contributed by atoms with Crippen LogP contribution in [0.4, 0.5) is 5.69 Å².